The first-order chi connectivity index (χ1) is 4.27. The molecule has 0 saturated heterocycles. The molecule has 0 aliphatic heterocycles. The van der Waals surface area contributed by atoms with E-state index in [2.05, 4.69) is 5.92 Å². The molecular formula is C8H16O. The molecule has 0 bridgehead atoms. The second-order valence-electron chi connectivity index (χ2n) is 1.56. The van der Waals surface area contributed by atoms with Gasteiger partial charge >= 0.3 is 0 Å². The van der Waals surface area contributed by atoms with E-state index >= 15 is 0 Å². The second-order valence-corrected chi connectivity index (χ2v) is 1.56. The third-order valence-corrected chi connectivity index (χ3v) is 0.500. The average Bonchev–Trinajstić information content (AvgIpc) is 1.88. The Balaban J connectivity index is 0. The van der Waals surface area contributed by atoms with Crippen molar-refractivity contribution in [2.24, 2.45) is 0 Å². The third-order valence-electron chi connectivity index (χ3n) is 0.500. The molecule has 0 unspecified atom stereocenters. The number of terminal acetylenes is 1. The maximum atomic E-state index is 4.95. The lowest BCUT2D eigenvalue weighted by atomic mass is 10.5. The van der Waals surface area contributed by atoms with Crippen molar-refractivity contribution in [2.45, 2.75) is 33.8 Å². The minimum atomic E-state index is 0.260. The number of rotatable bonds is 2. The molecule has 0 atom stereocenters. The number of hydrogen-bond donors (Lipinski definition) is 0. The van der Waals surface area contributed by atoms with Gasteiger partial charge in [0.15, 0.2) is 0 Å². The summed E-state index contributed by atoms with van der Waals surface area (Å²) in [7, 11) is 0. The summed E-state index contributed by atoms with van der Waals surface area (Å²) in [6.45, 7) is 8.34. The van der Waals surface area contributed by atoms with E-state index in [1.807, 2.05) is 27.7 Å². The van der Waals surface area contributed by atoms with Crippen LogP contribution in [0.15, 0.2) is 0 Å². The van der Waals surface area contributed by atoms with Crippen LogP contribution in [0, 0.1) is 12.3 Å². The summed E-state index contributed by atoms with van der Waals surface area (Å²) in [4.78, 5) is 0. The van der Waals surface area contributed by atoms with Crippen molar-refractivity contribution in [3.05, 3.63) is 0 Å². The zero-order valence-electron chi connectivity index (χ0n) is 6.77. The highest BCUT2D eigenvalue weighted by molar-refractivity contribution is 4.82. The van der Waals surface area contributed by atoms with Crippen LogP contribution in [0.1, 0.15) is 27.7 Å². The van der Waals surface area contributed by atoms with Gasteiger partial charge in [-0.05, 0) is 13.8 Å². The van der Waals surface area contributed by atoms with Gasteiger partial charge in [0.05, 0.1) is 6.10 Å². The molecule has 0 aromatic rings. The van der Waals surface area contributed by atoms with Crippen LogP contribution in [0.3, 0.4) is 0 Å². The first-order valence-electron chi connectivity index (χ1n) is 3.32. The summed E-state index contributed by atoms with van der Waals surface area (Å²) in [5, 5.41) is 0. The standard InChI is InChI=1S/C6H10O.C2H6/c1-4-5-7-6(2)3;1-2/h1,6H,5H2,2-3H3;1-2H3. The van der Waals surface area contributed by atoms with E-state index in [1.165, 1.54) is 0 Å². The number of hydrogen-bond acceptors (Lipinski definition) is 1. The van der Waals surface area contributed by atoms with Gasteiger partial charge in [-0.25, -0.2) is 0 Å². The van der Waals surface area contributed by atoms with Gasteiger partial charge in [0.1, 0.15) is 6.61 Å². The van der Waals surface area contributed by atoms with Crippen LogP contribution < -0.4 is 0 Å². The lowest BCUT2D eigenvalue weighted by Gasteiger charge is -1.99. The molecule has 0 fully saturated rings. The summed E-state index contributed by atoms with van der Waals surface area (Å²) in [5.74, 6) is 2.38. The van der Waals surface area contributed by atoms with Crippen LogP contribution in [-0.4, -0.2) is 12.7 Å². The number of ether oxygens (including phenoxy) is 1. The van der Waals surface area contributed by atoms with E-state index in [0.29, 0.717) is 6.61 Å². The Morgan fingerprint density at radius 1 is 1.44 bits per heavy atom. The molecule has 0 rings (SSSR count). The fourth-order valence-electron chi connectivity index (χ4n) is 0.215. The minimum Gasteiger partial charge on any atom is -0.366 e. The molecule has 0 heterocycles. The van der Waals surface area contributed by atoms with E-state index in [1.54, 1.807) is 0 Å². The van der Waals surface area contributed by atoms with Crippen LogP contribution in [0.5, 0.6) is 0 Å². The van der Waals surface area contributed by atoms with Gasteiger partial charge in [0.2, 0.25) is 0 Å². The smallest absolute Gasteiger partial charge is 0.107 e. The third kappa shape index (κ3) is 18.5. The van der Waals surface area contributed by atoms with Gasteiger partial charge in [-0.1, -0.05) is 19.8 Å². The van der Waals surface area contributed by atoms with Crippen molar-refractivity contribution < 1.29 is 4.74 Å². The molecule has 0 aliphatic rings. The lowest BCUT2D eigenvalue weighted by Crippen LogP contribution is -2.01. The summed E-state index contributed by atoms with van der Waals surface area (Å²) < 4.78 is 4.95. The molecule has 0 spiro atoms. The van der Waals surface area contributed by atoms with Crippen molar-refractivity contribution in [1.29, 1.82) is 0 Å². The Kier molecular flexibility index (Phi) is 13.2. The minimum absolute atomic E-state index is 0.260. The summed E-state index contributed by atoms with van der Waals surface area (Å²) in [5.41, 5.74) is 0. The van der Waals surface area contributed by atoms with E-state index < -0.39 is 0 Å². The van der Waals surface area contributed by atoms with Gasteiger partial charge in [-0.2, -0.15) is 0 Å². The Hall–Kier alpha value is -0.480. The highest BCUT2D eigenvalue weighted by Crippen LogP contribution is 1.83. The van der Waals surface area contributed by atoms with Crippen molar-refractivity contribution in [2.75, 3.05) is 6.61 Å². The Labute approximate surface area is 58.4 Å². The highest BCUT2D eigenvalue weighted by Gasteiger charge is 1.85. The van der Waals surface area contributed by atoms with Crippen molar-refractivity contribution in [1.82, 2.24) is 0 Å². The maximum Gasteiger partial charge on any atom is 0.107 e. The quantitative estimate of drug-likeness (QED) is 0.517. The zero-order chi connectivity index (χ0) is 7.70. The SMILES string of the molecule is C#CCOC(C)C.CC. The van der Waals surface area contributed by atoms with E-state index in [4.69, 9.17) is 11.2 Å². The maximum absolute atomic E-state index is 4.95. The topological polar surface area (TPSA) is 9.23 Å². The van der Waals surface area contributed by atoms with Gasteiger partial charge in [0.25, 0.3) is 0 Å². The average molecular weight is 128 g/mol. The summed E-state index contributed by atoms with van der Waals surface area (Å²) in [6.07, 6.45) is 5.16. The molecule has 0 radical (unpaired) electrons. The van der Waals surface area contributed by atoms with E-state index in [9.17, 15) is 0 Å². The molecule has 0 aliphatic carbocycles. The van der Waals surface area contributed by atoms with Crippen molar-refractivity contribution >= 4 is 0 Å². The Morgan fingerprint density at radius 3 is 2.00 bits per heavy atom. The summed E-state index contributed by atoms with van der Waals surface area (Å²) >= 11 is 0. The van der Waals surface area contributed by atoms with Gasteiger partial charge in [-0.15, -0.1) is 6.42 Å². The predicted molar refractivity (Wildman–Crippen MR) is 41.3 cm³/mol. The van der Waals surface area contributed by atoms with E-state index in [0.717, 1.165) is 0 Å². The molecule has 54 valence electrons. The van der Waals surface area contributed by atoms with Crippen LogP contribution in [-0.2, 0) is 4.74 Å². The highest BCUT2D eigenvalue weighted by atomic mass is 16.5. The van der Waals surface area contributed by atoms with Gasteiger partial charge in [-0.3, -0.25) is 0 Å². The van der Waals surface area contributed by atoms with Crippen LogP contribution in [0.25, 0.3) is 0 Å². The fourth-order valence-corrected chi connectivity index (χ4v) is 0.215. The zero-order valence-corrected chi connectivity index (χ0v) is 6.77. The molecule has 0 saturated carbocycles. The van der Waals surface area contributed by atoms with Crippen molar-refractivity contribution in [3.8, 4) is 12.3 Å². The van der Waals surface area contributed by atoms with Crippen molar-refractivity contribution in [3.63, 3.8) is 0 Å². The normalized spacial score (nSPS) is 7.56. The Morgan fingerprint density at radius 2 is 1.89 bits per heavy atom. The first kappa shape index (κ1) is 11.3. The molecule has 0 amide bonds. The molecule has 0 N–H and O–H groups in total. The molecule has 9 heavy (non-hydrogen) atoms. The van der Waals surface area contributed by atoms with Crippen LogP contribution >= 0.6 is 0 Å². The lowest BCUT2D eigenvalue weighted by molar-refractivity contribution is 0.107. The molecular weight excluding hydrogens is 112 g/mol. The van der Waals surface area contributed by atoms with Crippen LogP contribution in [0.2, 0.25) is 0 Å². The Bertz CT molecular complexity index is 69.1. The largest absolute Gasteiger partial charge is 0.366 e. The van der Waals surface area contributed by atoms with Crippen LogP contribution in [0.4, 0.5) is 0 Å². The monoisotopic (exact) mass is 128 g/mol. The molecule has 1 heteroatoms. The second kappa shape index (κ2) is 10.5. The molecule has 0 aromatic carbocycles. The molecule has 1 nitrogen and oxygen atoms in total. The molecule has 0 aromatic heterocycles. The summed E-state index contributed by atoms with van der Waals surface area (Å²) in [6, 6.07) is 0. The predicted octanol–water partition coefficient (Wildman–Crippen LogP) is 2.07. The fraction of sp³-hybridized carbons (Fsp3) is 0.750. The van der Waals surface area contributed by atoms with Gasteiger partial charge < -0.3 is 4.74 Å². The first-order valence-corrected chi connectivity index (χ1v) is 3.32. The van der Waals surface area contributed by atoms with E-state index in [-0.39, 0.29) is 6.10 Å². The van der Waals surface area contributed by atoms with Gasteiger partial charge in [0, 0.05) is 0 Å².